The molecule has 1 unspecified atom stereocenters. The van der Waals surface area contributed by atoms with Crippen LogP contribution in [0.1, 0.15) is 5.56 Å². The Balaban J connectivity index is 2.19. The molecule has 1 aromatic carbocycles. The van der Waals surface area contributed by atoms with Crippen LogP contribution in [0.25, 0.3) is 0 Å². The minimum atomic E-state index is -0.445. The van der Waals surface area contributed by atoms with Crippen molar-refractivity contribution in [3.63, 3.8) is 0 Å². The molecule has 6 heteroatoms. The van der Waals surface area contributed by atoms with Crippen molar-refractivity contribution in [2.24, 2.45) is 4.99 Å². The Labute approximate surface area is 91.7 Å². The average molecular weight is 222 g/mol. The van der Waals surface area contributed by atoms with Crippen molar-refractivity contribution in [1.82, 2.24) is 0 Å². The minimum absolute atomic E-state index is 0.0469. The monoisotopic (exact) mass is 222 g/mol. The van der Waals surface area contributed by atoms with Gasteiger partial charge in [0.25, 0.3) is 5.69 Å². The van der Waals surface area contributed by atoms with Crippen molar-refractivity contribution < 1.29 is 14.4 Å². The molecule has 0 spiro atoms. The largest absolute Gasteiger partial charge is 0.473 e. The SMILES string of the molecule is COC1COC(c2ccc([N+](=O)[O-])cc2)=N1. The lowest BCUT2D eigenvalue weighted by molar-refractivity contribution is -0.384. The third-order valence-corrected chi connectivity index (χ3v) is 2.22. The van der Waals surface area contributed by atoms with Gasteiger partial charge in [-0.15, -0.1) is 0 Å². The molecule has 0 bridgehead atoms. The van der Waals surface area contributed by atoms with Crippen molar-refractivity contribution in [1.29, 1.82) is 0 Å². The predicted octanol–water partition coefficient (Wildman–Crippen LogP) is 1.34. The number of hydrogen-bond donors (Lipinski definition) is 0. The third kappa shape index (κ3) is 2.01. The van der Waals surface area contributed by atoms with E-state index in [-0.39, 0.29) is 11.9 Å². The molecule has 0 N–H and O–H groups in total. The summed E-state index contributed by atoms with van der Waals surface area (Å²) in [6, 6.07) is 6.05. The zero-order valence-electron chi connectivity index (χ0n) is 8.62. The molecular weight excluding hydrogens is 212 g/mol. The summed E-state index contributed by atoms with van der Waals surface area (Å²) in [5, 5.41) is 10.5. The van der Waals surface area contributed by atoms with E-state index >= 15 is 0 Å². The number of nitrogens with zero attached hydrogens (tertiary/aromatic N) is 2. The van der Waals surface area contributed by atoms with Crippen LogP contribution in [0.4, 0.5) is 5.69 Å². The van der Waals surface area contributed by atoms with Gasteiger partial charge in [0.15, 0.2) is 6.23 Å². The fraction of sp³-hybridized carbons (Fsp3) is 0.300. The summed E-state index contributed by atoms with van der Waals surface area (Å²) in [4.78, 5) is 14.2. The summed E-state index contributed by atoms with van der Waals surface area (Å²) in [6.45, 7) is 0.378. The lowest BCUT2D eigenvalue weighted by Crippen LogP contribution is -2.07. The van der Waals surface area contributed by atoms with Gasteiger partial charge in [0.2, 0.25) is 5.90 Å². The van der Waals surface area contributed by atoms with Gasteiger partial charge in [0.1, 0.15) is 6.61 Å². The van der Waals surface area contributed by atoms with Crippen LogP contribution in [0.15, 0.2) is 29.3 Å². The van der Waals surface area contributed by atoms with Crippen molar-refractivity contribution in [3.8, 4) is 0 Å². The molecule has 0 aromatic heterocycles. The number of hydrogen-bond acceptors (Lipinski definition) is 5. The van der Waals surface area contributed by atoms with Crippen molar-refractivity contribution >= 4 is 11.6 Å². The maximum atomic E-state index is 10.5. The number of ether oxygens (including phenoxy) is 2. The molecule has 0 aliphatic carbocycles. The predicted molar refractivity (Wildman–Crippen MR) is 56.4 cm³/mol. The first-order valence-corrected chi connectivity index (χ1v) is 4.69. The first kappa shape index (κ1) is 10.6. The molecule has 0 amide bonds. The molecule has 84 valence electrons. The van der Waals surface area contributed by atoms with Crippen LogP contribution >= 0.6 is 0 Å². The second kappa shape index (κ2) is 4.28. The van der Waals surface area contributed by atoms with Gasteiger partial charge >= 0.3 is 0 Å². The second-order valence-corrected chi connectivity index (χ2v) is 3.24. The molecule has 1 aliphatic rings. The van der Waals surface area contributed by atoms with E-state index in [1.54, 1.807) is 19.2 Å². The van der Waals surface area contributed by atoms with Gasteiger partial charge in [-0.1, -0.05) is 0 Å². The summed E-state index contributed by atoms with van der Waals surface area (Å²) in [6.07, 6.45) is -0.287. The molecular formula is C10H10N2O4. The molecule has 0 saturated heterocycles. The van der Waals surface area contributed by atoms with Crippen LogP contribution in [0.3, 0.4) is 0 Å². The number of methoxy groups -OCH3 is 1. The fourth-order valence-electron chi connectivity index (χ4n) is 1.36. The van der Waals surface area contributed by atoms with Gasteiger partial charge in [0.05, 0.1) is 4.92 Å². The standard InChI is InChI=1S/C10H10N2O4/c1-15-9-6-16-10(11-9)7-2-4-8(5-3-7)12(13)14/h2-5,9H,6H2,1H3. The summed E-state index contributed by atoms with van der Waals surface area (Å²) >= 11 is 0. The lowest BCUT2D eigenvalue weighted by Gasteiger charge is -2.00. The Morgan fingerprint density at radius 3 is 2.69 bits per heavy atom. The summed E-state index contributed by atoms with van der Waals surface area (Å²) in [7, 11) is 1.55. The molecule has 0 saturated carbocycles. The highest BCUT2D eigenvalue weighted by atomic mass is 16.6. The smallest absolute Gasteiger partial charge is 0.269 e. The van der Waals surface area contributed by atoms with E-state index in [2.05, 4.69) is 4.99 Å². The molecule has 0 fully saturated rings. The number of nitro groups is 1. The lowest BCUT2D eigenvalue weighted by atomic mass is 10.2. The van der Waals surface area contributed by atoms with Crippen molar-refractivity contribution in [2.45, 2.75) is 6.23 Å². The van der Waals surface area contributed by atoms with Gasteiger partial charge in [-0.2, -0.15) is 0 Å². The topological polar surface area (TPSA) is 74.0 Å². The van der Waals surface area contributed by atoms with Gasteiger partial charge in [0, 0.05) is 24.8 Å². The van der Waals surface area contributed by atoms with E-state index in [4.69, 9.17) is 9.47 Å². The van der Waals surface area contributed by atoms with E-state index in [0.717, 1.165) is 0 Å². The maximum Gasteiger partial charge on any atom is 0.269 e. The number of benzene rings is 1. The molecule has 1 atom stereocenters. The van der Waals surface area contributed by atoms with Gasteiger partial charge in [-0.3, -0.25) is 10.1 Å². The molecule has 1 heterocycles. The zero-order valence-corrected chi connectivity index (χ0v) is 8.62. The Morgan fingerprint density at radius 1 is 1.50 bits per heavy atom. The van der Waals surface area contributed by atoms with Crippen LogP contribution < -0.4 is 0 Å². The summed E-state index contributed by atoms with van der Waals surface area (Å²) in [5.41, 5.74) is 0.760. The van der Waals surface area contributed by atoms with Crippen LogP contribution in [0.2, 0.25) is 0 Å². The van der Waals surface area contributed by atoms with Crippen molar-refractivity contribution in [2.75, 3.05) is 13.7 Å². The summed E-state index contributed by atoms with van der Waals surface area (Å²) < 4.78 is 10.3. The molecule has 1 aliphatic heterocycles. The third-order valence-electron chi connectivity index (χ3n) is 2.22. The van der Waals surface area contributed by atoms with E-state index < -0.39 is 4.92 Å². The minimum Gasteiger partial charge on any atom is -0.473 e. The Kier molecular flexibility index (Phi) is 2.82. The fourth-order valence-corrected chi connectivity index (χ4v) is 1.36. The highest BCUT2D eigenvalue weighted by Gasteiger charge is 2.19. The normalized spacial score (nSPS) is 19.1. The first-order valence-electron chi connectivity index (χ1n) is 4.69. The van der Waals surface area contributed by atoms with Crippen LogP contribution in [-0.4, -0.2) is 30.8 Å². The van der Waals surface area contributed by atoms with Crippen molar-refractivity contribution in [3.05, 3.63) is 39.9 Å². The maximum absolute atomic E-state index is 10.5. The molecule has 16 heavy (non-hydrogen) atoms. The quantitative estimate of drug-likeness (QED) is 0.571. The van der Waals surface area contributed by atoms with Crippen LogP contribution in [0.5, 0.6) is 0 Å². The Hall–Kier alpha value is -1.95. The van der Waals surface area contributed by atoms with E-state index in [1.165, 1.54) is 12.1 Å². The summed E-state index contributed by atoms with van der Waals surface area (Å²) in [5.74, 6) is 0.460. The van der Waals surface area contributed by atoms with Gasteiger partial charge < -0.3 is 9.47 Å². The average Bonchev–Trinajstić information content (AvgIpc) is 2.77. The number of non-ortho nitro benzene ring substituents is 1. The molecule has 0 radical (unpaired) electrons. The van der Waals surface area contributed by atoms with E-state index in [0.29, 0.717) is 18.1 Å². The number of rotatable bonds is 3. The Morgan fingerprint density at radius 2 is 2.19 bits per heavy atom. The number of nitro benzene ring substituents is 1. The van der Waals surface area contributed by atoms with Gasteiger partial charge in [-0.05, 0) is 12.1 Å². The van der Waals surface area contributed by atoms with Gasteiger partial charge in [-0.25, -0.2) is 4.99 Å². The molecule has 2 rings (SSSR count). The van der Waals surface area contributed by atoms with Crippen LogP contribution in [-0.2, 0) is 9.47 Å². The first-order chi connectivity index (χ1) is 7.70. The Bertz CT molecular complexity index is 427. The molecule has 6 nitrogen and oxygen atoms in total. The molecule has 1 aromatic rings. The van der Waals surface area contributed by atoms with Crippen LogP contribution in [0, 0.1) is 10.1 Å². The van der Waals surface area contributed by atoms with E-state index in [1.807, 2.05) is 0 Å². The zero-order chi connectivity index (χ0) is 11.5. The highest BCUT2D eigenvalue weighted by molar-refractivity contribution is 5.95. The second-order valence-electron chi connectivity index (χ2n) is 3.24. The highest BCUT2D eigenvalue weighted by Crippen LogP contribution is 2.16. The van der Waals surface area contributed by atoms with E-state index in [9.17, 15) is 10.1 Å². The number of aliphatic imine (C=N–C) groups is 1.